The van der Waals surface area contributed by atoms with Gasteiger partial charge >= 0.3 is 0 Å². The smallest absolute Gasteiger partial charge is 0.277 e. The van der Waals surface area contributed by atoms with Crippen molar-refractivity contribution in [3.05, 3.63) is 0 Å². The molecule has 0 saturated heterocycles. The van der Waals surface area contributed by atoms with Gasteiger partial charge in [-0.2, -0.15) is 0 Å². The molecule has 0 heterocycles. The van der Waals surface area contributed by atoms with Crippen LogP contribution < -0.4 is 0 Å². The van der Waals surface area contributed by atoms with E-state index in [0.29, 0.717) is 13.0 Å². The number of aliphatic hydroxyl groups is 2. The summed E-state index contributed by atoms with van der Waals surface area (Å²) in [6.45, 7) is 4.61. The maximum atomic E-state index is 9.41. The monoisotopic (exact) mass is 288 g/mol. The Morgan fingerprint density at radius 2 is 1.10 bits per heavy atom. The van der Waals surface area contributed by atoms with Crippen LogP contribution in [0.1, 0.15) is 97.3 Å². The van der Waals surface area contributed by atoms with Gasteiger partial charge in [-0.25, -0.2) is 0 Å². The molecule has 0 aliphatic carbocycles. The summed E-state index contributed by atoms with van der Waals surface area (Å²) in [5.41, 5.74) is 0. The third kappa shape index (κ3) is 14.3. The lowest BCUT2D eigenvalue weighted by Crippen LogP contribution is -2.31. The molecule has 0 aromatic carbocycles. The summed E-state index contributed by atoms with van der Waals surface area (Å²) in [4.78, 5) is 0. The van der Waals surface area contributed by atoms with E-state index >= 15 is 0 Å². The summed E-state index contributed by atoms with van der Waals surface area (Å²) in [5.74, 6) is -1.91. The topological polar surface area (TPSA) is 49.7 Å². The lowest BCUT2D eigenvalue weighted by molar-refractivity contribution is -0.340. The predicted molar refractivity (Wildman–Crippen MR) is 84.5 cm³/mol. The van der Waals surface area contributed by atoms with E-state index in [2.05, 4.69) is 6.92 Å². The lowest BCUT2D eigenvalue weighted by Gasteiger charge is -2.20. The Morgan fingerprint density at radius 3 is 1.55 bits per heavy atom. The SMILES string of the molecule is CCCCCCCCCCCCCOC(O)(O)CCC. The Balaban J connectivity index is 3.13. The number of unbranched alkanes of at least 4 members (excludes halogenated alkanes) is 10. The zero-order chi connectivity index (χ0) is 15.1. The van der Waals surface area contributed by atoms with Crippen molar-refractivity contribution >= 4 is 0 Å². The van der Waals surface area contributed by atoms with E-state index in [-0.39, 0.29) is 6.42 Å². The van der Waals surface area contributed by atoms with Gasteiger partial charge in [-0.1, -0.05) is 78.1 Å². The minimum absolute atomic E-state index is 0.283. The van der Waals surface area contributed by atoms with E-state index in [1.807, 2.05) is 6.92 Å². The average Bonchev–Trinajstić information content (AvgIpc) is 2.40. The van der Waals surface area contributed by atoms with Crippen LogP contribution in [0, 0.1) is 0 Å². The summed E-state index contributed by atoms with van der Waals surface area (Å²) in [7, 11) is 0. The standard InChI is InChI=1S/C17H36O3/c1-3-5-6-7-8-9-10-11-12-13-14-16-20-17(18,19)15-4-2/h18-19H,3-16H2,1-2H3. The highest BCUT2D eigenvalue weighted by Crippen LogP contribution is 2.13. The summed E-state index contributed by atoms with van der Waals surface area (Å²) in [5, 5.41) is 18.8. The van der Waals surface area contributed by atoms with Crippen molar-refractivity contribution in [3.8, 4) is 0 Å². The fourth-order valence-electron chi connectivity index (χ4n) is 2.40. The van der Waals surface area contributed by atoms with Crippen LogP contribution in [0.4, 0.5) is 0 Å². The molecular formula is C17H36O3. The van der Waals surface area contributed by atoms with Crippen molar-refractivity contribution < 1.29 is 14.9 Å². The molecule has 0 fully saturated rings. The van der Waals surface area contributed by atoms with Gasteiger partial charge in [0, 0.05) is 6.42 Å². The first-order valence-corrected chi connectivity index (χ1v) is 8.71. The van der Waals surface area contributed by atoms with Crippen LogP contribution in [0.15, 0.2) is 0 Å². The lowest BCUT2D eigenvalue weighted by atomic mass is 10.1. The molecule has 0 radical (unpaired) electrons. The first-order chi connectivity index (χ1) is 9.62. The highest BCUT2D eigenvalue weighted by Gasteiger charge is 2.21. The van der Waals surface area contributed by atoms with Gasteiger partial charge in [-0.15, -0.1) is 0 Å². The van der Waals surface area contributed by atoms with Gasteiger partial charge in [0.15, 0.2) is 0 Å². The molecule has 0 saturated carbocycles. The second kappa shape index (κ2) is 13.8. The molecule has 0 rings (SSSR count). The van der Waals surface area contributed by atoms with Crippen LogP contribution >= 0.6 is 0 Å². The molecule has 0 aromatic rings. The third-order valence-electron chi connectivity index (χ3n) is 3.66. The largest absolute Gasteiger partial charge is 0.343 e. The first-order valence-electron chi connectivity index (χ1n) is 8.71. The molecule has 0 atom stereocenters. The Hall–Kier alpha value is -0.120. The maximum Gasteiger partial charge on any atom is 0.277 e. The number of ether oxygens (including phenoxy) is 1. The molecule has 122 valence electrons. The van der Waals surface area contributed by atoms with Crippen molar-refractivity contribution in [1.29, 1.82) is 0 Å². The normalized spacial score (nSPS) is 12.0. The minimum Gasteiger partial charge on any atom is -0.343 e. The van der Waals surface area contributed by atoms with Crippen LogP contribution in [0.3, 0.4) is 0 Å². The Bertz CT molecular complexity index is 193. The molecule has 0 aliphatic heterocycles. The molecule has 0 amide bonds. The quantitative estimate of drug-likeness (QED) is 0.337. The van der Waals surface area contributed by atoms with Gasteiger partial charge < -0.3 is 14.9 Å². The van der Waals surface area contributed by atoms with E-state index in [1.165, 1.54) is 57.8 Å². The fourth-order valence-corrected chi connectivity index (χ4v) is 2.40. The van der Waals surface area contributed by atoms with Crippen molar-refractivity contribution in [3.63, 3.8) is 0 Å². The van der Waals surface area contributed by atoms with Crippen molar-refractivity contribution in [1.82, 2.24) is 0 Å². The summed E-state index contributed by atoms with van der Waals surface area (Å²) in [6.07, 6.45) is 15.2. The van der Waals surface area contributed by atoms with Crippen LogP contribution in [-0.4, -0.2) is 22.8 Å². The third-order valence-corrected chi connectivity index (χ3v) is 3.66. The Morgan fingerprint density at radius 1 is 0.650 bits per heavy atom. The van der Waals surface area contributed by atoms with Gasteiger partial charge in [0.1, 0.15) is 0 Å². The predicted octanol–water partition coefficient (Wildman–Crippen LogP) is 4.75. The minimum atomic E-state index is -1.91. The summed E-state index contributed by atoms with van der Waals surface area (Å²) < 4.78 is 5.06. The second-order valence-corrected chi connectivity index (χ2v) is 5.88. The summed E-state index contributed by atoms with van der Waals surface area (Å²) in [6, 6.07) is 0. The molecule has 0 unspecified atom stereocenters. The second-order valence-electron chi connectivity index (χ2n) is 5.88. The van der Waals surface area contributed by atoms with Crippen molar-refractivity contribution in [2.75, 3.05) is 6.61 Å². The van der Waals surface area contributed by atoms with Gasteiger partial charge in [-0.05, 0) is 12.8 Å². The van der Waals surface area contributed by atoms with Crippen LogP contribution in [0.5, 0.6) is 0 Å². The number of hydrogen-bond donors (Lipinski definition) is 2. The molecule has 0 bridgehead atoms. The van der Waals surface area contributed by atoms with Crippen LogP contribution in [0.25, 0.3) is 0 Å². The highest BCUT2D eigenvalue weighted by molar-refractivity contribution is 4.51. The molecule has 20 heavy (non-hydrogen) atoms. The fraction of sp³-hybridized carbons (Fsp3) is 1.00. The number of hydrogen-bond acceptors (Lipinski definition) is 3. The Labute approximate surface area is 125 Å². The molecule has 0 spiro atoms. The number of rotatable bonds is 15. The van der Waals surface area contributed by atoms with E-state index in [0.717, 1.165) is 12.8 Å². The van der Waals surface area contributed by atoms with Crippen LogP contribution in [-0.2, 0) is 4.74 Å². The van der Waals surface area contributed by atoms with E-state index in [1.54, 1.807) is 0 Å². The van der Waals surface area contributed by atoms with Gasteiger partial charge in [0.2, 0.25) is 0 Å². The first kappa shape index (κ1) is 19.9. The van der Waals surface area contributed by atoms with E-state index in [9.17, 15) is 10.2 Å². The highest BCUT2D eigenvalue weighted by atomic mass is 16.8. The van der Waals surface area contributed by atoms with E-state index in [4.69, 9.17) is 4.74 Å². The summed E-state index contributed by atoms with van der Waals surface area (Å²) >= 11 is 0. The van der Waals surface area contributed by atoms with Gasteiger partial charge in [0.25, 0.3) is 5.97 Å². The molecule has 3 nitrogen and oxygen atoms in total. The zero-order valence-electron chi connectivity index (χ0n) is 13.7. The van der Waals surface area contributed by atoms with Gasteiger partial charge in [-0.3, -0.25) is 0 Å². The van der Waals surface area contributed by atoms with Crippen molar-refractivity contribution in [2.24, 2.45) is 0 Å². The molecule has 2 N–H and O–H groups in total. The molecule has 0 aliphatic rings. The van der Waals surface area contributed by atoms with Crippen molar-refractivity contribution in [2.45, 2.75) is 103 Å². The average molecular weight is 288 g/mol. The van der Waals surface area contributed by atoms with E-state index < -0.39 is 5.97 Å². The molecular weight excluding hydrogens is 252 g/mol. The van der Waals surface area contributed by atoms with Gasteiger partial charge in [0.05, 0.1) is 6.61 Å². The zero-order valence-corrected chi connectivity index (χ0v) is 13.7. The molecule has 0 aromatic heterocycles. The van der Waals surface area contributed by atoms with Crippen LogP contribution in [0.2, 0.25) is 0 Å². The maximum absolute atomic E-state index is 9.41. The molecule has 3 heteroatoms. The Kier molecular flexibility index (Phi) is 13.8.